The summed E-state index contributed by atoms with van der Waals surface area (Å²) in [7, 11) is 0. The molecule has 0 aliphatic carbocycles. The maximum atomic E-state index is 13.3. The van der Waals surface area contributed by atoms with Crippen molar-refractivity contribution in [2.24, 2.45) is 0 Å². The molecule has 2 aromatic rings. The van der Waals surface area contributed by atoms with Crippen LogP contribution in [0.25, 0.3) is 11.3 Å². The van der Waals surface area contributed by atoms with Crippen molar-refractivity contribution < 1.29 is 9.31 Å². The van der Waals surface area contributed by atoms with Gasteiger partial charge in [0.25, 0.3) is 0 Å². The van der Waals surface area contributed by atoms with Gasteiger partial charge in [-0.3, -0.25) is 10.1 Å². The second-order valence-corrected chi connectivity index (χ2v) is 4.18. The van der Waals surface area contributed by atoms with E-state index in [1.807, 2.05) is 6.92 Å². The summed E-state index contributed by atoms with van der Waals surface area (Å²) in [5.74, 6) is -0.0626. The van der Waals surface area contributed by atoms with Crippen molar-refractivity contribution in [3.8, 4) is 11.3 Å². The summed E-state index contributed by atoms with van der Waals surface area (Å²) in [6.07, 6.45) is 1.15. The lowest BCUT2D eigenvalue weighted by Gasteiger charge is -2.07. The molecule has 0 saturated heterocycles. The summed E-state index contributed by atoms with van der Waals surface area (Å²) in [4.78, 5) is 18.5. The fourth-order valence-corrected chi connectivity index (χ4v) is 1.76. The van der Waals surface area contributed by atoms with Crippen LogP contribution in [-0.4, -0.2) is 21.4 Å². The Morgan fingerprint density at radius 3 is 2.80 bits per heavy atom. The lowest BCUT2D eigenvalue weighted by atomic mass is 10.1. The standard InChI is InChI=1S/C13H13FN4O2/c1-3-15-13-16-7-11(18(19)20)12(17-13)9-4-5-10(14)8(2)6-9/h4-7H,3H2,1-2H3,(H,15,16,17). The Bertz CT molecular complexity index is 661. The second kappa shape index (κ2) is 5.60. The summed E-state index contributed by atoms with van der Waals surface area (Å²) in [5, 5.41) is 13.9. The van der Waals surface area contributed by atoms with Gasteiger partial charge < -0.3 is 5.32 Å². The van der Waals surface area contributed by atoms with Crippen molar-refractivity contribution in [3.05, 3.63) is 45.9 Å². The molecule has 0 radical (unpaired) electrons. The molecular weight excluding hydrogens is 263 g/mol. The molecule has 0 bridgehead atoms. The Kier molecular flexibility index (Phi) is 3.88. The number of nitrogens with one attached hydrogen (secondary N) is 1. The molecular formula is C13H13FN4O2. The normalized spacial score (nSPS) is 10.3. The summed E-state index contributed by atoms with van der Waals surface area (Å²) in [5.41, 5.74) is 0.847. The van der Waals surface area contributed by atoms with Crippen molar-refractivity contribution in [2.75, 3.05) is 11.9 Å². The van der Waals surface area contributed by atoms with E-state index < -0.39 is 4.92 Å². The Labute approximate surface area is 114 Å². The van der Waals surface area contributed by atoms with Crippen molar-refractivity contribution in [1.29, 1.82) is 0 Å². The second-order valence-electron chi connectivity index (χ2n) is 4.18. The van der Waals surface area contributed by atoms with Gasteiger partial charge in [0.1, 0.15) is 12.0 Å². The maximum absolute atomic E-state index is 13.3. The highest BCUT2D eigenvalue weighted by atomic mass is 19.1. The molecule has 0 saturated carbocycles. The minimum Gasteiger partial charge on any atom is -0.354 e. The van der Waals surface area contributed by atoms with Crippen LogP contribution in [0, 0.1) is 22.9 Å². The number of aromatic nitrogens is 2. The van der Waals surface area contributed by atoms with Gasteiger partial charge in [0.15, 0.2) is 5.69 Å². The molecule has 1 N–H and O–H groups in total. The molecule has 0 atom stereocenters. The number of anilines is 1. The van der Waals surface area contributed by atoms with Gasteiger partial charge in [-0.05, 0) is 37.6 Å². The maximum Gasteiger partial charge on any atom is 0.313 e. The SMILES string of the molecule is CCNc1ncc([N+](=O)[O-])c(-c2ccc(F)c(C)c2)n1. The van der Waals surface area contributed by atoms with Crippen LogP contribution in [0.5, 0.6) is 0 Å². The Morgan fingerprint density at radius 1 is 1.45 bits per heavy atom. The first-order chi connectivity index (χ1) is 9.52. The lowest BCUT2D eigenvalue weighted by Crippen LogP contribution is -2.05. The highest BCUT2D eigenvalue weighted by molar-refractivity contribution is 5.70. The van der Waals surface area contributed by atoms with Crippen LogP contribution in [0.1, 0.15) is 12.5 Å². The van der Waals surface area contributed by atoms with Gasteiger partial charge in [0, 0.05) is 12.1 Å². The fraction of sp³-hybridized carbons (Fsp3) is 0.231. The van der Waals surface area contributed by atoms with Gasteiger partial charge in [0.2, 0.25) is 5.95 Å². The summed E-state index contributed by atoms with van der Waals surface area (Å²) < 4.78 is 13.3. The van der Waals surface area contributed by atoms with Gasteiger partial charge in [-0.25, -0.2) is 14.4 Å². The number of nitrogens with zero attached hydrogens (tertiary/aromatic N) is 3. The monoisotopic (exact) mass is 276 g/mol. The predicted molar refractivity (Wildman–Crippen MR) is 73.0 cm³/mol. The third-order valence-electron chi connectivity index (χ3n) is 2.73. The number of hydrogen-bond acceptors (Lipinski definition) is 5. The number of halogens is 1. The Balaban J connectivity index is 2.59. The van der Waals surface area contributed by atoms with Gasteiger partial charge >= 0.3 is 5.69 Å². The molecule has 1 aromatic carbocycles. The van der Waals surface area contributed by atoms with E-state index in [1.54, 1.807) is 6.92 Å². The van der Waals surface area contributed by atoms with Crippen LogP contribution in [-0.2, 0) is 0 Å². The van der Waals surface area contributed by atoms with E-state index in [2.05, 4.69) is 15.3 Å². The van der Waals surface area contributed by atoms with Crippen molar-refractivity contribution in [1.82, 2.24) is 9.97 Å². The van der Waals surface area contributed by atoms with Gasteiger partial charge in [-0.15, -0.1) is 0 Å². The largest absolute Gasteiger partial charge is 0.354 e. The number of rotatable bonds is 4. The number of aryl methyl sites for hydroxylation is 1. The quantitative estimate of drug-likeness (QED) is 0.686. The molecule has 0 amide bonds. The third kappa shape index (κ3) is 2.71. The first-order valence-corrected chi connectivity index (χ1v) is 6.04. The van der Waals surface area contributed by atoms with E-state index in [1.165, 1.54) is 18.2 Å². The van der Waals surface area contributed by atoms with E-state index in [0.717, 1.165) is 6.20 Å². The van der Waals surface area contributed by atoms with E-state index in [9.17, 15) is 14.5 Å². The van der Waals surface area contributed by atoms with Crippen LogP contribution in [0.15, 0.2) is 24.4 Å². The third-order valence-corrected chi connectivity index (χ3v) is 2.73. The number of benzene rings is 1. The summed E-state index contributed by atoms with van der Waals surface area (Å²) in [6, 6.07) is 4.26. The molecule has 1 heterocycles. The molecule has 7 heteroatoms. The molecule has 6 nitrogen and oxygen atoms in total. The molecule has 20 heavy (non-hydrogen) atoms. The van der Waals surface area contributed by atoms with Crippen LogP contribution in [0.4, 0.5) is 16.0 Å². The Morgan fingerprint density at radius 2 is 2.20 bits per heavy atom. The van der Waals surface area contributed by atoms with Crippen molar-refractivity contribution in [3.63, 3.8) is 0 Å². The molecule has 0 aliphatic rings. The highest BCUT2D eigenvalue weighted by Gasteiger charge is 2.19. The molecule has 1 aromatic heterocycles. The van der Waals surface area contributed by atoms with Crippen LogP contribution >= 0.6 is 0 Å². The van der Waals surface area contributed by atoms with Gasteiger partial charge in [-0.2, -0.15) is 0 Å². The van der Waals surface area contributed by atoms with Crippen LogP contribution in [0.2, 0.25) is 0 Å². The molecule has 104 valence electrons. The van der Waals surface area contributed by atoms with Crippen molar-refractivity contribution >= 4 is 11.6 Å². The van der Waals surface area contributed by atoms with E-state index in [-0.39, 0.29) is 17.2 Å². The highest BCUT2D eigenvalue weighted by Crippen LogP contribution is 2.29. The van der Waals surface area contributed by atoms with E-state index in [0.29, 0.717) is 23.6 Å². The van der Waals surface area contributed by atoms with Gasteiger partial charge in [0.05, 0.1) is 4.92 Å². The molecule has 0 spiro atoms. The predicted octanol–water partition coefficient (Wildman–Crippen LogP) is 2.93. The van der Waals surface area contributed by atoms with E-state index >= 15 is 0 Å². The van der Waals surface area contributed by atoms with E-state index in [4.69, 9.17) is 0 Å². The fourth-order valence-electron chi connectivity index (χ4n) is 1.76. The van der Waals surface area contributed by atoms with Crippen LogP contribution < -0.4 is 5.32 Å². The average Bonchev–Trinajstić information content (AvgIpc) is 2.42. The first-order valence-electron chi connectivity index (χ1n) is 6.04. The zero-order valence-corrected chi connectivity index (χ0v) is 11.1. The average molecular weight is 276 g/mol. The van der Waals surface area contributed by atoms with Crippen molar-refractivity contribution in [2.45, 2.75) is 13.8 Å². The minimum absolute atomic E-state index is 0.170. The first kappa shape index (κ1) is 13.9. The smallest absolute Gasteiger partial charge is 0.313 e. The topological polar surface area (TPSA) is 81.0 Å². The van der Waals surface area contributed by atoms with Crippen LogP contribution in [0.3, 0.4) is 0 Å². The Hall–Kier alpha value is -2.57. The lowest BCUT2D eigenvalue weighted by molar-refractivity contribution is -0.384. The summed E-state index contributed by atoms with van der Waals surface area (Å²) in [6.45, 7) is 4.06. The molecule has 0 unspecified atom stereocenters. The minimum atomic E-state index is -0.552. The van der Waals surface area contributed by atoms with Gasteiger partial charge in [-0.1, -0.05) is 0 Å². The zero-order chi connectivity index (χ0) is 14.7. The molecule has 2 rings (SSSR count). The zero-order valence-electron chi connectivity index (χ0n) is 11.1. The number of hydrogen-bond donors (Lipinski definition) is 1. The number of nitro groups is 1. The molecule has 0 aliphatic heterocycles. The molecule has 0 fully saturated rings. The summed E-state index contributed by atoms with van der Waals surface area (Å²) >= 11 is 0.